The Bertz CT molecular complexity index is 1010. The minimum atomic E-state index is -0.345. The van der Waals surface area contributed by atoms with Crippen molar-refractivity contribution in [2.75, 3.05) is 11.1 Å². The van der Waals surface area contributed by atoms with Crippen molar-refractivity contribution in [1.29, 1.82) is 0 Å². The zero-order valence-electron chi connectivity index (χ0n) is 15.5. The molecule has 0 bridgehead atoms. The van der Waals surface area contributed by atoms with E-state index in [0.717, 1.165) is 0 Å². The topological polar surface area (TPSA) is 69.0 Å². The summed E-state index contributed by atoms with van der Waals surface area (Å²) < 4.78 is 7.68. The summed E-state index contributed by atoms with van der Waals surface area (Å²) in [6, 6.07) is 12.0. The Morgan fingerprint density at radius 2 is 1.86 bits per heavy atom. The lowest BCUT2D eigenvalue weighted by atomic mass is 10.3. The number of halogens is 3. The molecular formula is C19H17Cl3N4O2S. The second-order valence-corrected chi connectivity index (χ2v) is 8.36. The first-order chi connectivity index (χ1) is 13.8. The summed E-state index contributed by atoms with van der Waals surface area (Å²) in [7, 11) is 1.82. The quantitative estimate of drug-likeness (QED) is 0.451. The average molecular weight is 472 g/mol. The predicted octanol–water partition coefficient (Wildman–Crippen LogP) is 5.65. The number of ether oxygens (including phenoxy) is 1. The normalized spacial score (nSPS) is 11.9. The highest BCUT2D eigenvalue weighted by Gasteiger charge is 2.18. The molecule has 29 heavy (non-hydrogen) atoms. The largest absolute Gasteiger partial charge is 0.483 e. The number of anilines is 1. The highest BCUT2D eigenvalue weighted by atomic mass is 35.5. The number of rotatable bonds is 7. The van der Waals surface area contributed by atoms with Crippen LogP contribution >= 0.6 is 46.6 Å². The molecule has 0 aliphatic carbocycles. The number of amides is 1. The third-order valence-electron chi connectivity index (χ3n) is 3.82. The van der Waals surface area contributed by atoms with Crippen LogP contribution in [-0.2, 0) is 11.8 Å². The smallest absolute Gasteiger partial charge is 0.234 e. The molecule has 0 radical (unpaired) electrons. The molecule has 1 unspecified atom stereocenters. The summed E-state index contributed by atoms with van der Waals surface area (Å²) in [6.45, 7) is 1.87. The molecule has 3 rings (SSSR count). The van der Waals surface area contributed by atoms with Gasteiger partial charge in [0, 0.05) is 27.8 Å². The van der Waals surface area contributed by atoms with Crippen molar-refractivity contribution in [1.82, 2.24) is 14.8 Å². The van der Waals surface area contributed by atoms with Crippen LogP contribution in [0.15, 0.2) is 47.6 Å². The Morgan fingerprint density at radius 3 is 2.55 bits per heavy atom. The van der Waals surface area contributed by atoms with Gasteiger partial charge < -0.3 is 14.6 Å². The van der Waals surface area contributed by atoms with E-state index in [9.17, 15) is 4.79 Å². The predicted molar refractivity (Wildman–Crippen MR) is 117 cm³/mol. The van der Waals surface area contributed by atoms with Crippen LogP contribution < -0.4 is 10.1 Å². The minimum absolute atomic E-state index is 0.152. The SMILES string of the molecule is CC(Oc1cccc(Cl)c1)c1nnc(SCC(=O)Nc2cc(Cl)cc(Cl)c2)n1C. The van der Waals surface area contributed by atoms with Crippen LogP contribution in [0.5, 0.6) is 5.75 Å². The van der Waals surface area contributed by atoms with E-state index in [1.165, 1.54) is 11.8 Å². The molecule has 0 aliphatic rings. The number of carbonyl (C=O) groups is 1. The lowest BCUT2D eigenvalue weighted by Gasteiger charge is -2.14. The molecule has 1 N–H and O–H groups in total. The van der Waals surface area contributed by atoms with Crippen LogP contribution in [0, 0.1) is 0 Å². The van der Waals surface area contributed by atoms with E-state index in [1.54, 1.807) is 34.9 Å². The maximum absolute atomic E-state index is 12.2. The zero-order chi connectivity index (χ0) is 21.0. The van der Waals surface area contributed by atoms with Crippen LogP contribution in [0.25, 0.3) is 0 Å². The van der Waals surface area contributed by atoms with Crippen molar-refractivity contribution in [3.8, 4) is 5.75 Å². The standard InChI is InChI=1S/C19H17Cl3N4O2S/c1-11(28-16-5-3-4-12(20)9-16)18-24-25-19(26(18)2)29-10-17(27)23-15-7-13(21)6-14(22)8-15/h3-9,11H,10H2,1-2H3,(H,23,27). The van der Waals surface area contributed by atoms with Gasteiger partial charge in [0.2, 0.25) is 5.91 Å². The van der Waals surface area contributed by atoms with Gasteiger partial charge in [-0.3, -0.25) is 4.79 Å². The van der Waals surface area contributed by atoms with Crippen LogP contribution in [0.4, 0.5) is 5.69 Å². The fourth-order valence-corrected chi connectivity index (χ4v) is 3.98. The summed E-state index contributed by atoms with van der Waals surface area (Å²) in [5, 5.41) is 13.2. The van der Waals surface area contributed by atoms with Crippen LogP contribution in [0.2, 0.25) is 15.1 Å². The highest BCUT2D eigenvalue weighted by Crippen LogP contribution is 2.26. The molecule has 1 atom stereocenters. The number of hydrogen-bond donors (Lipinski definition) is 1. The molecule has 1 heterocycles. The molecule has 1 aromatic heterocycles. The van der Waals surface area contributed by atoms with Gasteiger partial charge in [-0.2, -0.15) is 0 Å². The van der Waals surface area contributed by atoms with Crippen molar-refractivity contribution < 1.29 is 9.53 Å². The third-order valence-corrected chi connectivity index (χ3v) is 5.51. The van der Waals surface area contributed by atoms with E-state index in [-0.39, 0.29) is 17.8 Å². The van der Waals surface area contributed by atoms with Gasteiger partial charge >= 0.3 is 0 Å². The molecule has 0 saturated heterocycles. The van der Waals surface area contributed by atoms with Gasteiger partial charge in [-0.1, -0.05) is 52.6 Å². The van der Waals surface area contributed by atoms with Gasteiger partial charge in [0.05, 0.1) is 5.75 Å². The fraction of sp³-hybridized carbons (Fsp3) is 0.211. The lowest BCUT2D eigenvalue weighted by Crippen LogP contribution is -2.15. The maximum atomic E-state index is 12.2. The van der Waals surface area contributed by atoms with Crippen molar-refractivity contribution in [2.24, 2.45) is 7.05 Å². The Labute approximate surface area is 187 Å². The number of nitrogens with one attached hydrogen (secondary N) is 1. The molecule has 0 fully saturated rings. The Morgan fingerprint density at radius 1 is 1.14 bits per heavy atom. The Hall–Kier alpha value is -1.93. The molecule has 10 heteroatoms. The highest BCUT2D eigenvalue weighted by molar-refractivity contribution is 7.99. The van der Waals surface area contributed by atoms with Crippen molar-refractivity contribution in [2.45, 2.75) is 18.2 Å². The number of carbonyl (C=O) groups excluding carboxylic acids is 1. The first-order valence-corrected chi connectivity index (χ1v) is 10.6. The Kier molecular flexibility index (Phi) is 7.29. The zero-order valence-corrected chi connectivity index (χ0v) is 18.6. The van der Waals surface area contributed by atoms with Crippen molar-refractivity contribution in [3.63, 3.8) is 0 Å². The van der Waals surface area contributed by atoms with E-state index in [2.05, 4.69) is 15.5 Å². The van der Waals surface area contributed by atoms with Gasteiger partial charge in [-0.15, -0.1) is 10.2 Å². The molecular weight excluding hydrogens is 455 g/mol. The van der Waals surface area contributed by atoms with Crippen molar-refractivity contribution >= 4 is 58.2 Å². The average Bonchev–Trinajstić information content (AvgIpc) is 3.00. The third kappa shape index (κ3) is 6.02. The Balaban J connectivity index is 1.59. The molecule has 3 aromatic rings. The molecule has 2 aromatic carbocycles. The second kappa shape index (κ2) is 9.71. The lowest BCUT2D eigenvalue weighted by molar-refractivity contribution is -0.113. The van der Waals surface area contributed by atoms with E-state index < -0.39 is 0 Å². The van der Waals surface area contributed by atoms with E-state index in [1.807, 2.05) is 26.1 Å². The summed E-state index contributed by atoms with van der Waals surface area (Å²) in [5.74, 6) is 1.22. The van der Waals surface area contributed by atoms with Gasteiger partial charge in [0.1, 0.15) is 5.75 Å². The molecule has 1 amide bonds. The van der Waals surface area contributed by atoms with Gasteiger partial charge in [0.15, 0.2) is 17.1 Å². The molecule has 0 saturated carbocycles. The fourth-order valence-electron chi connectivity index (χ4n) is 2.56. The van der Waals surface area contributed by atoms with Crippen LogP contribution in [0.1, 0.15) is 18.9 Å². The summed E-state index contributed by atoms with van der Waals surface area (Å²) in [5.41, 5.74) is 0.537. The molecule has 152 valence electrons. The number of nitrogens with zero attached hydrogens (tertiary/aromatic N) is 3. The first-order valence-electron chi connectivity index (χ1n) is 8.52. The summed E-state index contributed by atoms with van der Waals surface area (Å²) >= 11 is 19.1. The van der Waals surface area contributed by atoms with Gasteiger partial charge in [-0.25, -0.2) is 0 Å². The molecule has 0 spiro atoms. The van der Waals surface area contributed by atoms with Crippen LogP contribution in [0.3, 0.4) is 0 Å². The van der Waals surface area contributed by atoms with Crippen molar-refractivity contribution in [3.05, 3.63) is 63.4 Å². The summed E-state index contributed by atoms with van der Waals surface area (Å²) in [4.78, 5) is 12.2. The van der Waals surface area contributed by atoms with Crippen LogP contribution in [-0.4, -0.2) is 26.4 Å². The maximum Gasteiger partial charge on any atom is 0.234 e. The minimum Gasteiger partial charge on any atom is -0.483 e. The number of aromatic nitrogens is 3. The van der Waals surface area contributed by atoms with Gasteiger partial charge in [-0.05, 0) is 43.3 Å². The summed E-state index contributed by atoms with van der Waals surface area (Å²) in [6.07, 6.45) is -0.345. The number of benzene rings is 2. The van der Waals surface area contributed by atoms with E-state index >= 15 is 0 Å². The monoisotopic (exact) mass is 470 g/mol. The first kappa shape index (κ1) is 21.8. The molecule has 6 nitrogen and oxygen atoms in total. The second-order valence-electron chi connectivity index (χ2n) is 6.11. The van der Waals surface area contributed by atoms with E-state index in [4.69, 9.17) is 39.5 Å². The number of thioether (sulfide) groups is 1. The van der Waals surface area contributed by atoms with Gasteiger partial charge in [0.25, 0.3) is 0 Å². The molecule has 0 aliphatic heterocycles. The number of hydrogen-bond acceptors (Lipinski definition) is 5. The van der Waals surface area contributed by atoms with E-state index in [0.29, 0.717) is 37.5 Å².